The minimum atomic E-state index is -0.0225. The highest BCUT2D eigenvalue weighted by Crippen LogP contribution is 2.27. The Labute approximate surface area is 89.0 Å². The average Bonchev–Trinajstić information content (AvgIpc) is 2.95. The van der Waals surface area contributed by atoms with Crippen molar-refractivity contribution in [3.05, 3.63) is 24.0 Å². The molecule has 15 heavy (non-hydrogen) atoms. The lowest BCUT2D eigenvalue weighted by molar-refractivity contribution is -0.116. The minimum absolute atomic E-state index is 0.0225. The smallest absolute Gasteiger partial charge is 0.244 e. The number of carbonyl (C=O) groups excluding carboxylic acids is 1. The van der Waals surface area contributed by atoms with Crippen LogP contribution >= 0.6 is 0 Å². The van der Waals surface area contributed by atoms with E-state index >= 15 is 0 Å². The van der Waals surface area contributed by atoms with Gasteiger partial charge in [-0.05, 0) is 24.8 Å². The number of aryl methyl sites for hydroxylation is 1. The van der Waals surface area contributed by atoms with Gasteiger partial charge in [-0.25, -0.2) is 0 Å². The van der Waals surface area contributed by atoms with Gasteiger partial charge in [-0.3, -0.25) is 9.48 Å². The van der Waals surface area contributed by atoms with Crippen LogP contribution in [-0.2, 0) is 11.8 Å². The maximum Gasteiger partial charge on any atom is 0.244 e. The van der Waals surface area contributed by atoms with Crippen molar-refractivity contribution in [2.45, 2.75) is 12.8 Å². The number of amides is 1. The van der Waals surface area contributed by atoms with Gasteiger partial charge in [0.1, 0.15) is 0 Å². The highest BCUT2D eigenvalue weighted by atomic mass is 16.1. The molecule has 2 rings (SSSR count). The fourth-order valence-corrected chi connectivity index (χ4v) is 1.32. The van der Waals surface area contributed by atoms with Crippen molar-refractivity contribution < 1.29 is 4.79 Å². The van der Waals surface area contributed by atoms with E-state index in [2.05, 4.69) is 10.4 Å². The molecule has 1 aromatic rings. The Bertz CT molecular complexity index is 377. The van der Waals surface area contributed by atoms with Gasteiger partial charge in [0, 0.05) is 31.4 Å². The summed E-state index contributed by atoms with van der Waals surface area (Å²) in [7, 11) is 1.85. The summed E-state index contributed by atoms with van der Waals surface area (Å²) in [5.41, 5.74) is 0.944. The predicted molar refractivity (Wildman–Crippen MR) is 58.0 cm³/mol. The Morgan fingerprint density at radius 3 is 3.13 bits per heavy atom. The Hall–Kier alpha value is -1.58. The summed E-state index contributed by atoms with van der Waals surface area (Å²) in [6.45, 7) is 0.816. The maximum atomic E-state index is 11.3. The number of nitrogens with one attached hydrogen (secondary N) is 1. The van der Waals surface area contributed by atoms with Crippen LogP contribution < -0.4 is 5.32 Å². The molecule has 0 aliphatic heterocycles. The Morgan fingerprint density at radius 2 is 2.53 bits per heavy atom. The van der Waals surface area contributed by atoms with Crippen LogP contribution in [0.25, 0.3) is 6.08 Å². The lowest BCUT2D eigenvalue weighted by atomic mass is 10.3. The van der Waals surface area contributed by atoms with Crippen LogP contribution in [0.1, 0.15) is 18.4 Å². The van der Waals surface area contributed by atoms with Crippen molar-refractivity contribution in [1.29, 1.82) is 0 Å². The lowest BCUT2D eigenvalue weighted by Crippen LogP contribution is -2.23. The molecular formula is C11H15N3O. The van der Waals surface area contributed by atoms with Gasteiger partial charge in [0.05, 0.1) is 6.20 Å². The van der Waals surface area contributed by atoms with E-state index in [1.54, 1.807) is 23.0 Å². The number of nitrogens with zero attached hydrogens (tertiary/aromatic N) is 2. The summed E-state index contributed by atoms with van der Waals surface area (Å²) in [6, 6.07) is 0. The third-order valence-corrected chi connectivity index (χ3v) is 2.41. The second kappa shape index (κ2) is 4.29. The number of hydrogen-bond donors (Lipinski definition) is 1. The first-order chi connectivity index (χ1) is 7.24. The molecule has 1 aromatic heterocycles. The summed E-state index contributed by atoms with van der Waals surface area (Å²) >= 11 is 0. The summed E-state index contributed by atoms with van der Waals surface area (Å²) in [6.07, 6.45) is 9.43. The molecule has 4 nitrogen and oxygen atoms in total. The van der Waals surface area contributed by atoms with Crippen LogP contribution in [-0.4, -0.2) is 22.2 Å². The fourth-order valence-electron chi connectivity index (χ4n) is 1.32. The van der Waals surface area contributed by atoms with Gasteiger partial charge >= 0.3 is 0 Å². The molecule has 1 N–H and O–H groups in total. The van der Waals surface area contributed by atoms with Gasteiger partial charge in [-0.15, -0.1) is 0 Å². The number of aromatic nitrogens is 2. The van der Waals surface area contributed by atoms with Gasteiger partial charge < -0.3 is 5.32 Å². The highest BCUT2D eigenvalue weighted by molar-refractivity contribution is 5.91. The first kappa shape index (κ1) is 9.96. The van der Waals surface area contributed by atoms with E-state index in [4.69, 9.17) is 0 Å². The molecule has 1 heterocycles. The molecule has 0 spiro atoms. The van der Waals surface area contributed by atoms with Crippen LogP contribution in [0.3, 0.4) is 0 Å². The molecule has 0 aromatic carbocycles. The number of hydrogen-bond acceptors (Lipinski definition) is 2. The summed E-state index contributed by atoms with van der Waals surface area (Å²) < 4.78 is 1.71. The van der Waals surface area contributed by atoms with Crippen molar-refractivity contribution in [2.75, 3.05) is 6.54 Å². The summed E-state index contributed by atoms with van der Waals surface area (Å²) in [4.78, 5) is 11.3. The van der Waals surface area contributed by atoms with E-state index in [1.165, 1.54) is 12.8 Å². The molecule has 1 amide bonds. The largest absolute Gasteiger partial charge is 0.352 e. The number of carbonyl (C=O) groups is 1. The molecule has 1 fully saturated rings. The average molecular weight is 205 g/mol. The van der Waals surface area contributed by atoms with Crippen LogP contribution in [0.5, 0.6) is 0 Å². The van der Waals surface area contributed by atoms with E-state index in [-0.39, 0.29) is 5.91 Å². The van der Waals surface area contributed by atoms with Crippen LogP contribution in [0.15, 0.2) is 18.5 Å². The molecule has 80 valence electrons. The zero-order valence-electron chi connectivity index (χ0n) is 8.81. The van der Waals surface area contributed by atoms with E-state index in [0.29, 0.717) is 0 Å². The topological polar surface area (TPSA) is 46.9 Å². The van der Waals surface area contributed by atoms with E-state index in [1.807, 2.05) is 13.2 Å². The molecule has 4 heteroatoms. The number of rotatable bonds is 4. The molecule has 0 atom stereocenters. The molecular weight excluding hydrogens is 190 g/mol. The standard InChI is InChI=1S/C11H15N3O/c1-14-8-10(7-13-14)4-5-11(15)12-6-9-2-3-9/h4-5,7-9H,2-3,6H2,1H3,(H,12,15)/b5-4+. The fraction of sp³-hybridized carbons (Fsp3) is 0.455. The molecule has 1 aliphatic rings. The summed E-state index contributed by atoms with van der Waals surface area (Å²) in [5.74, 6) is 0.700. The minimum Gasteiger partial charge on any atom is -0.352 e. The molecule has 1 saturated carbocycles. The predicted octanol–water partition coefficient (Wildman–Crippen LogP) is 0.960. The van der Waals surface area contributed by atoms with Crippen molar-refractivity contribution in [3.8, 4) is 0 Å². The van der Waals surface area contributed by atoms with Crippen LogP contribution in [0.2, 0.25) is 0 Å². The Kier molecular flexibility index (Phi) is 2.85. The lowest BCUT2D eigenvalue weighted by Gasteiger charge is -1.97. The SMILES string of the molecule is Cn1cc(/C=C/C(=O)NCC2CC2)cn1. The zero-order chi connectivity index (χ0) is 10.7. The van der Waals surface area contributed by atoms with Crippen molar-refractivity contribution in [1.82, 2.24) is 15.1 Å². The molecule has 0 saturated heterocycles. The molecule has 0 unspecified atom stereocenters. The van der Waals surface area contributed by atoms with Gasteiger partial charge in [-0.1, -0.05) is 0 Å². The second-order valence-electron chi connectivity index (χ2n) is 3.97. The molecule has 0 bridgehead atoms. The van der Waals surface area contributed by atoms with Crippen molar-refractivity contribution in [3.63, 3.8) is 0 Å². The van der Waals surface area contributed by atoms with Gasteiger partial charge in [-0.2, -0.15) is 5.10 Å². The summed E-state index contributed by atoms with van der Waals surface area (Å²) in [5, 5.41) is 6.88. The van der Waals surface area contributed by atoms with Crippen molar-refractivity contribution in [2.24, 2.45) is 13.0 Å². The normalized spacial score (nSPS) is 15.8. The molecule has 1 aliphatic carbocycles. The van der Waals surface area contributed by atoms with Gasteiger partial charge in [0.15, 0.2) is 0 Å². The second-order valence-corrected chi connectivity index (χ2v) is 3.97. The Morgan fingerprint density at radius 1 is 1.73 bits per heavy atom. The zero-order valence-corrected chi connectivity index (χ0v) is 8.81. The first-order valence-corrected chi connectivity index (χ1v) is 5.18. The van der Waals surface area contributed by atoms with E-state index < -0.39 is 0 Å². The monoisotopic (exact) mass is 205 g/mol. The van der Waals surface area contributed by atoms with E-state index in [0.717, 1.165) is 18.0 Å². The first-order valence-electron chi connectivity index (χ1n) is 5.18. The van der Waals surface area contributed by atoms with Crippen LogP contribution in [0.4, 0.5) is 0 Å². The quantitative estimate of drug-likeness (QED) is 0.744. The Balaban J connectivity index is 1.79. The molecule has 0 radical (unpaired) electrons. The maximum absolute atomic E-state index is 11.3. The van der Waals surface area contributed by atoms with E-state index in [9.17, 15) is 4.79 Å². The van der Waals surface area contributed by atoms with Gasteiger partial charge in [0.25, 0.3) is 0 Å². The third-order valence-electron chi connectivity index (χ3n) is 2.41. The van der Waals surface area contributed by atoms with Gasteiger partial charge in [0.2, 0.25) is 5.91 Å². The van der Waals surface area contributed by atoms with Crippen molar-refractivity contribution >= 4 is 12.0 Å². The third kappa shape index (κ3) is 3.23. The highest BCUT2D eigenvalue weighted by Gasteiger charge is 2.20. The van der Waals surface area contributed by atoms with Crippen LogP contribution in [0, 0.1) is 5.92 Å².